The van der Waals surface area contributed by atoms with Gasteiger partial charge in [-0.1, -0.05) is 112 Å². The van der Waals surface area contributed by atoms with Crippen LogP contribution < -0.4 is 0 Å². The third kappa shape index (κ3) is 8.97. The number of rotatable bonds is 22. The predicted molar refractivity (Wildman–Crippen MR) is 293 cm³/mol. The van der Waals surface area contributed by atoms with Crippen molar-refractivity contribution in [3.05, 3.63) is 58.5 Å². The molecule has 3 atom stereocenters. The van der Waals surface area contributed by atoms with Gasteiger partial charge in [-0.2, -0.15) is 17.5 Å². The Kier molecular flexibility index (Phi) is 14.4. The van der Waals surface area contributed by atoms with E-state index in [2.05, 4.69) is 94.9 Å². The molecule has 0 saturated carbocycles. The molecule has 0 spiro atoms. The lowest BCUT2D eigenvalue weighted by molar-refractivity contribution is 0.401. The molecule has 0 saturated heterocycles. The fraction of sp³-hybridized carbons (Fsp3) is 0.462. The molecule has 0 fully saturated rings. The topological polar surface area (TPSA) is 82.3 Å². The minimum Gasteiger partial charge on any atom is -0.338 e. The molecule has 0 N–H and O–H groups in total. The zero-order valence-corrected chi connectivity index (χ0v) is 44.7. The normalized spacial score (nSPS) is 13.7. The second-order valence-corrected chi connectivity index (χ2v) is 24.7. The quantitative estimate of drug-likeness (QED) is 0.0673. The summed E-state index contributed by atoms with van der Waals surface area (Å²) in [5, 5.41) is 0. The molecule has 10 heterocycles. The Morgan fingerprint density at radius 2 is 1.00 bits per heavy atom. The minimum absolute atomic E-state index is 0.597. The Bertz CT molecular complexity index is 3220. The van der Waals surface area contributed by atoms with Crippen molar-refractivity contribution in [1.82, 2.24) is 32.0 Å². The second-order valence-electron chi connectivity index (χ2n) is 18.2. The van der Waals surface area contributed by atoms with E-state index in [1.807, 2.05) is 56.7 Å². The fourth-order valence-electron chi connectivity index (χ4n) is 9.72. The number of aromatic nitrogens is 7. The van der Waals surface area contributed by atoms with Crippen LogP contribution in [0.4, 0.5) is 0 Å². The monoisotopic (exact) mass is 1010 g/mol. The van der Waals surface area contributed by atoms with Gasteiger partial charge in [-0.15, -0.1) is 56.7 Å². The molecule has 0 aliphatic rings. The highest BCUT2D eigenvalue weighted by Gasteiger charge is 2.27. The molecule has 14 heteroatoms. The van der Waals surface area contributed by atoms with Gasteiger partial charge in [0.1, 0.15) is 33.5 Å². The number of hydrogen-bond donors (Lipinski definition) is 0. The van der Waals surface area contributed by atoms with Crippen molar-refractivity contribution >= 4 is 132 Å². The van der Waals surface area contributed by atoms with E-state index in [-0.39, 0.29) is 0 Å². The van der Waals surface area contributed by atoms with Gasteiger partial charge >= 0.3 is 0 Å². The summed E-state index contributed by atoms with van der Waals surface area (Å²) in [5.41, 5.74) is 10.5. The molecule has 0 bridgehead atoms. The Morgan fingerprint density at radius 1 is 0.500 bits per heavy atom. The van der Waals surface area contributed by atoms with E-state index in [9.17, 15) is 0 Å². The SMILES string of the molecule is CCCCC(CC)Cc1ccc(-c2cnc(-c3cc4c(s3)c3sc5cc(-c6ncc(-c7ccc(CC(CC)CCCC)s7)c7nsnc67)sc5c3n4CC(CC)CCCC)c3nsnc23)s1. The summed E-state index contributed by atoms with van der Waals surface area (Å²) in [6.07, 6.45) is 21.5. The number of unbranched alkanes of at least 4 members (excludes halogenated alkanes) is 3. The lowest BCUT2D eigenvalue weighted by Crippen LogP contribution is -2.09. The number of hydrogen-bond acceptors (Lipinski definition) is 13. The summed E-state index contributed by atoms with van der Waals surface area (Å²) in [7, 11) is 0. The molecule has 7 nitrogen and oxygen atoms in total. The van der Waals surface area contributed by atoms with E-state index in [1.54, 1.807) is 0 Å². The van der Waals surface area contributed by atoms with E-state index in [1.165, 1.54) is 143 Å². The van der Waals surface area contributed by atoms with E-state index in [0.717, 1.165) is 92.0 Å². The summed E-state index contributed by atoms with van der Waals surface area (Å²) in [6, 6.07) is 14.0. The van der Waals surface area contributed by atoms with Crippen molar-refractivity contribution in [1.29, 1.82) is 0 Å². The average Bonchev–Trinajstić information content (AvgIpc) is 4.19. The van der Waals surface area contributed by atoms with E-state index < -0.39 is 0 Å². The van der Waals surface area contributed by atoms with Gasteiger partial charge in [0.05, 0.1) is 58.3 Å². The summed E-state index contributed by atoms with van der Waals surface area (Å²) >= 11 is 12.1. The van der Waals surface area contributed by atoms with Gasteiger partial charge < -0.3 is 4.57 Å². The van der Waals surface area contributed by atoms with Crippen molar-refractivity contribution in [2.24, 2.45) is 17.8 Å². The number of thiophene rings is 5. The van der Waals surface area contributed by atoms with Crippen LogP contribution in [0.15, 0.2) is 48.8 Å². The van der Waals surface area contributed by atoms with Crippen LogP contribution in [0.3, 0.4) is 0 Å². The lowest BCUT2D eigenvalue weighted by Gasteiger charge is -2.16. The maximum Gasteiger partial charge on any atom is 0.132 e. The molecule has 66 heavy (non-hydrogen) atoms. The van der Waals surface area contributed by atoms with Gasteiger partial charge in [-0.3, -0.25) is 9.97 Å². The zero-order valence-electron chi connectivity index (χ0n) is 38.9. The minimum atomic E-state index is 0.597. The highest BCUT2D eigenvalue weighted by atomic mass is 32.1. The Labute approximate surface area is 417 Å². The summed E-state index contributed by atoms with van der Waals surface area (Å²) in [5.74, 6) is 2.08. The summed E-state index contributed by atoms with van der Waals surface area (Å²) in [4.78, 5) is 18.1. The molecule has 10 aromatic heterocycles. The third-order valence-corrected chi connectivity index (χ3v) is 20.8. The number of pyridine rings is 2. The molecular formula is C52H59N7S7. The fourth-order valence-corrected chi connectivity index (χ4v) is 17.1. The van der Waals surface area contributed by atoms with Crippen LogP contribution in [0.25, 0.3) is 93.9 Å². The van der Waals surface area contributed by atoms with Gasteiger partial charge in [-0.25, -0.2) is 0 Å². The van der Waals surface area contributed by atoms with Gasteiger partial charge in [-0.05, 0) is 73.4 Å². The van der Waals surface area contributed by atoms with E-state index in [4.69, 9.17) is 27.5 Å². The largest absolute Gasteiger partial charge is 0.338 e. The maximum atomic E-state index is 5.21. The lowest BCUT2D eigenvalue weighted by atomic mass is 9.95. The Morgan fingerprint density at radius 3 is 1.53 bits per heavy atom. The standard InChI is InChI=1S/C52H59N7S7/c1-7-13-16-30(10-4)23-33-19-21-38(60-33)35-27-53-45(47-43(35)55-65-57-47)40-25-37-50(62-40)52-49(59(37)29-32(12-6)18-15-9-3)51-42(64-52)26-41(63-51)46-48-44(56-66-58-48)36(28-54-46)39-22-20-34(61-39)24-31(11-5)17-14-8-2/h19-22,25-28,30-32H,7-18,23-24,29H2,1-6H3. The highest BCUT2D eigenvalue weighted by Crippen LogP contribution is 2.51. The first-order valence-electron chi connectivity index (χ1n) is 24.3. The first-order valence-corrected chi connectivity index (χ1v) is 29.9. The van der Waals surface area contributed by atoms with Crippen LogP contribution in [0.1, 0.15) is 128 Å². The smallest absolute Gasteiger partial charge is 0.132 e. The van der Waals surface area contributed by atoms with Gasteiger partial charge in [0.25, 0.3) is 0 Å². The maximum absolute atomic E-state index is 5.21. The number of nitrogens with zero attached hydrogens (tertiary/aromatic N) is 7. The van der Waals surface area contributed by atoms with Crippen molar-refractivity contribution in [2.75, 3.05) is 0 Å². The molecular weight excluding hydrogens is 947 g/mol. The van der Waals surface area contributed by atoms with Gasteiger partial charge in [0.15, 0.2) is 0 Å². The van der Waals surface area contributed by atoms with E-state index in [0.29, 0.717) is 5.92 Å². The van der Waals surface area contributed by atoms with Crippen LogP contribution in [0.5, 0.6) is 0 Å². The molecule has 0 aliphatic carbocycles. The average molecular weight is 1010 g/mol. The van der Waals surface area contributed by atoms with Crippen molar-refractivity contribution in [3.63, 3.8) is 0 Å². The first-order chi connectivity index (χ1) is 32.4. The first kappa shape index (κ1) is 46.2. The molecule has 10 aromatic rings. The van der Waals surface area contributed by atoms with Crippen molar-refractivity contribution in [3.8, 4) is 42.0 Å². The highest BCUT2D eigenvalue weighted by molar-refractivity contribution is 7.36. The summed E-state index contributed by atoms with van der Waals surface area (Å²) < 4.78 is 27.6. The predicted octanol–water partition coefficient (Wildman–Crippen LogP) is 18.5. The zero-order chi connectivity index (χ0) is 45.3. The second kappa shape index (κ2) is 20.6. The molecule has 344 valence electrons. The van der Waals surface area contributed by atoms with Crippen LogP contribution >= 0.6 is 80.1 Å². The van der Waals surface area contributed by atoms with Gasteiger partial charge in [0.2, 0.25) is 0 Å². The molecule has 0 radical (unpaired) electrons. The Balaban J connectivity index is 1.00. The molecule has 0 aromatic carbocycles. The van der Waals surface area contributed by atoms with E-state index >= 15 is 0 Å². The molecule has 0 aliphatic heterocycles. The van der Waals surface area contributed by atoms with Crippen molar-refractivity contribution < 1.29 is 0 Å². The summed E-state index contributed by atoms with van der Waals surface area (Å²) in [6.45, 7) is 14.9. The molecule has 3 unspecified atom stereocenters. The van der Waals surface area contributed by atoms with Crippen LogP contribution in [-0.4, -0.2) is 32.0 Å². The van der Waals surface area contributed by atoms with Crippen LogP contribution in [0, 0.1) is 17.8 Å². The number of fused-ring (bicyclic) bond motifs is 7. The molecule has 10 rings (SSSR count). The van der Waals surface area contributed by atoms with Crippen LogP contribution in [0.2, 0.25) is 0 Å². The Hall–Kier alpha value is -3.50. The third-order valence-electron chi connectivity index (χ3n) is 13.8. The van der Waals surface area contributed by atoms with Gasteiger partial charge in [0, 0.05) is 54.3 Å². The molecule has 0 amide bonds. The van der Waals surface area contributed by atoms with Crippen molar-refractivity contribution in [2.45, 2.75) is 138 Å². The van der Waals surface area contributed by atoms with Crippen LogP contribution in [-0.2, 0) is 19.4 Å².